The fraction of sp³-hybridized carbons (Fsp3) is 0.647. The number of aryl methyl sites for hydroxylation is 2. The third kappa shape index (κ3) is 3.35. The quantitative estimate of drug-likeness (QED) is 0.851. The summed E-state index contributed by atoms with van der Waals surface area (Å²) in [5.74, 6) is 0.842. The standard InChI is InChI=1S/C17H27N/c1-4-15-6-5-7-17(18,11-15)12-16-9-13(2)8-14(3)10-16/h8-10,15H,4-7,11-12,18H2,1-3H3. The fourth-order valence-electron chi connectivity index (χ4n) is 3.61. The van der Waals surface area contributed by atoms with Crippen LogP contribution in [0.5, 0.6) is 0 Å². The highest BCUT2D eigenvalue weighted by Crippen LogP contribution is 2.34. The van der Waals surface area contributed by atoms with Gasteiger partial charge < -0.3 is 5.73 Å². The van der Waals surface area contributed by atoms with Crippen LogP contribution in [-0.4, -0.2) is 5.54 Å². The zero-order valence-corrected chi connectivity index (χ0v) is 12.1. The van der Waals surface area contributed by atoms with Gasteiger partial charge in [-0.05, 0) is 44.6 Å². The van der Waals surface area contributed by atoms with Crippen LogP contribution in [0.2, 0.25) is 0 Å². The number of hydrogen-bond donors (Lipinski definition) is 1. The van der Waals surface area contributed by atoms with Crippen molar-refractivity contribution in [2.75, 3.05) is 0 Å². The monoisotopic (exact) mass is 245 g/mol. The van der Waals surface area contributed by atoms with Gasteiger partial charge >= 0.3 is 0 Å². The van der Waals surface area contributed by atoms with Gasteiger partial charge in [-0.15, -0.1) is 0 Å². The predicted octanol–water partition coefficient (Wildman–Crippen LogP) is 4.14. The molecule has 1 heteroatoms. The van der Waals surface area contributed by atoms with Crippen molar-refractivity contribution in [2.24, 2.45) is 11.7 Å². The summed E-state index contributed by atoms with van der Waals surface area (Å²) >= 11 is 0. The Kier molecular flexibility index (Phi) is 4.11. The number of rotatable bonds is 3. The van der Waals surface area contributed by atoms with Crippen LogP contribution < -0.4 is 5.73 Å². The molecule has 0 bridgehead atoms. The van der Waals surface area contributed by atoms with Crippen molar-refractivity contribution >= 4 is 0 Å². The maximum atomic E-state index is 6.66. The van der Waals surface area contributed by atoms with Gasteiger partial charge in [-0.1, -0.05) is 55.5 Å². The number of nitrogens with two attached hydrogens (primary N) is 1. The van der Waals surface area contributed by atoms with Gasteiger partial charge in [0.05, 0.1) is 0 Å². The zero-order chi connectivity index (χ0) is 13.2. The maximum absolute atomic E-state index is 6.66. The van der Waals surface area contributed by atoms with Gasteiger partial charge in [0.2, 0.25) is 0 Å². The average molecular weight is 245 g/mol. The van der Waals surface area contributed by atoms with Crippen molar-refractivity contribution < 1.29 is 0 Å². The molecule has 0 aromatic heterocycles. The molecule has 0 heterocycles. The summed E-state index contributed by atoms with van der Waals surface area (Å²) in [7, 11) is 0. The van der Waals surface area contributed by atoms with Crippen molar-refractivity contribution in [1.82, 2.24) is 0 Å². The molecule has 2 unspecified atom stereocenters. The summed E-state index contributed by atoms with van der Waals surface area (Å²) in [6.07, 6.45) is 7.41. The summed E-state index contributed by atoms with van der Waals surface area (Å²) in [6, 6.07) is 6.84. The lowest BCUT2D eigenvalue weighted by atomic mass is 9.72. The van der Waals surface area contributed by atoms with Crippen LogP contribution in [-0.2, 0) is 6.42 Å². The second kappa shape index (κ2) is 5.44. The molecule has 100 valence electrons. The molecule has 1 aromatic rings. The molecular formula is C17H27N. The molecule has 18 heavy (non-hydrogen) atoms. The first-order valence-corrected chi connectivity index (χ1v) is 7.37. The van der Waals surface area contributed by atoms with E-state index in [9.17, 15) is 0 Å². The molecule has 0 saturated heterocycles. The molecule has 1 aliphatic rings. The van der Waals surface area contributed by atoms with E-state index in [0.29, 0.717) is 0 Å². The van der Waals surface area contributed by atoms with Crippen molar-refractivity contribution in [2.45, 2.75) is 64.8 Å². The second-order valence-electron chi connectivity index (χ2n) is 6.41. The average Bonchev–Trinajstić information content (AvgIpc) is 2.26. The third-order valence-electron chi connectivity index (χ3n) is 4.40. The molecule has 1 saturated carbocycles. The highest BCUT2D eigenvalue weighted by Gasteiger charge is 2.32. The van der Waals surface area contributed by atoms with E-state index in [1.807, 2.05) is 0 Å². The SMILES string of the molecule is CCC1CCCC(N)(Cc2cc(C)cc(C)c2)C1. The lowest BCUT2D eigenvalue weighted by molar-refractivity contribution is 0.218. The molecule has 1 aromatic carbocycles. The summed E-state index contributed by atoms with van der Waals surface area (Å²) in [6.45, 7) is 6.65. The van der Waals surface area contributed by atoms with E-state index in [1.54, 1.807) is 0 Å². The third-order valence-corrected chi connectivity index (χ3v) is 4.40. The topological polar surface area (TPSA) is 26.0 Å². The minimum atomic E-state index is 0.0408. The van der Waals surface area contributed by atoms with E-state index in [-0.39, 0.29) is 5.54 Å². The minimum absolute atomic E-state index is 0.0408. The summed E-state index contributed by atoms with van der Waals surface area (Å²) in [5, 5.41) is 0. The van der Waals surface area contributed by atoms with Crippen molar-refractivity contribution in [3.05, 3.63) is 34.9 Å². The first-order valence-electron chi connectivity index (χ1n) is 7.37. The van der Waals surface area contributed by atoms with Crippen LogP contribution in [0.15, 0.2) is 18.2 Å². The van der Waals surface area contributed by atoms with E-state index >= 15 is 0 Å². The normalized spacial score (nSPS) is 28.3. The highest BCUT2D eigenvalue weighted by molar-refractivity contribution is 5.30. The Bertz CT molecular complexity index is 390. The van der Waals surface area contributed by atoms with Crippen LogP contribution >= 0.6 is 0 Å². The van der Waals surface area contributed by atoms with Crippen LogP contribution in [0.3, 0.4) is 0 Å². The molecule has 1 fully saturated rings. The molecule has 1 nitrogen and oxygen atoms in total. The van der Waals surface area contributed by atoms with Crippen molar-refractivity contribution in [3.8, 4) is 0 Å². The van der Waals surface area contributed by atoms with Gasteiger partial charge in [-0.25, -0.2) is 0 Å². The number of benzene rings is 1. The van der Waals surface area contributed by atoms with Crippen LogP contribution in [0.1, 0.15) is 55.7 Å². The van der Waals surface area contributed by atoms with Gasteiger partial charge in [0.15, 0.2) is 0 Å². The molecule has 2 rings (SSSR count). The van der Waals surface area contributed by atoms with E-state index in [2.05, 4.69) is 39.0 Å². The lowest BCUT2D eigenvalue weighted by Gasteiger charge is -2.38. The van der Waals surface area contributed by atoms with Gasteiger partial charge in [0.25, 0.3) is 0 Å². The van der Waals surface area contributed by atoms with Crippen LogP contribution in [0.25, 0.3) is 0 Å². The molecule has 0 aliphatic heterocycles. The Labute approximate surface area is 112 Å². The second-order valence-corrected chi connectivity index (χ2v) is 6.41. The van der Waals surface area contributed by atoms with E-state index in [1.165, 1.54) is 48.8 Å². The zero-order valence-electron chi connectivity index (χ0n) is 12.1. The molecule has 1 aliphatic carbocycles. The van der Waals surface area contributed by atoms with Gasteiger partial charge in [-0.2, -0.15) is 0 Å². The van der Waals surface area contributed by atoms with Gasteiger partial charge in [-0.3, -0.25) is 0 Å². The molecule has 0 amide bonds. The fourth-order valence-corrected chi connectivity index (χ4v) is 3.61. The highest BCUT2D eigenvalue weighted by atomic mass is 14.7. The largest absolute Gasteiger partial charge is 0.325 e. The minimum Gasteiger partial charge on any atom is -0.325 e. The smallest absolute Gasteiger partial charge is 0.0197 e. The van der Waals surface area contributed by atoms with Crippen molar-refractivity contribution in [3.63, 3.8) is 0 Å². The Morgan fingerprint density at radius 3 is 2.50 bits per heavy atom. The van der Waals surface area contributed by atoms with Crippen LogP contribution in [0, 0.1) is 19.8 Å². The number of hydrogen-bond acceptors (Lipinski definition) is 1. The maximum Gasteiger partial charge on any atom is 0.0197 e. The Morgan fingerprint density at radius 1 is 1.22 bits per heavy atom. The summed E-state index contributed by atoms with van der Waals surface area (Å²) < 4.78 is 0. The predicted molar refractivity (Wildman–Crippen MR) is 78.8 cm³/mol. The first kappa shape index (κ1) is 13.6. The van der Waals surface area contributed by atoms with E-state index < -0.39 is 0 Å². The Morgan fingerprint density at radius 2 is 1.89 bits per heavy atom. The van der Waals surface area contributed by atoms with E-state index in [4.69, 9.17) is 5.73 Å². The molecule has 0 radical (unpaired) electrons. The van der Waals surface area contributed by atoms with Gasteiger partial charge in [0.1, 0.15) is 0 Å². The van der Waals surface area contributed by atoms with Crippen molar-refractivity contribution in [1.29, 1.82) is 0 Å². The molecular weight excluding hydrogens is 218 g/mol. The van der Waals surface area contributed by atoms with E-state index in [0.717, 1.165) is 12.3 Å². The van der Waals surface area contributed by atoms with Crippen LogP contribution in [0.4, 0.5) is 0 Å². The molecule has 2 atom stereocenters. The Hall–Kier alpha value is -0.820. The Balaban J connectivity index is 2.11. The molecule has 0 spiro atoms. The van der Waals surface area contributed by atoms with Gasteiger partial charge in [0, 0.05) is 5.54 Å². The first-order chi connectivity index (χ1) is 8.50. The lowest BCUT2D eigenvalue weighted by Crippen LogP contribution is -2.46. The summed E-state index contributed by atoms with van der Waals surface area (Å²) in [4.78, 5) is 0. The summed E-state index contributed by atoms with van der Waals surface area (Å²) in [5.41, 5.74) is 10.8. The molecule has 2 N–H and O–H groups in total.